The fraction of sp³-hybridized carbons (Fsp3) is 0.158. The first-order valence-corrected chi connectivity index (χ1v) is 9.50. The number of carbonyl (C=O) groups is 1. The van der Waals surface area contributed by atoms with Crippen LogP contribution in [0.25, 0.3) is 0 Å². The molecule has 1 amide bonds. The van der Waals surface area contributed by atoms with Crippen molar-refractivity contribution in [3.05, 3.63) is 66.2 Å². The lowest BCUT2D eigenvalue weighted by molar-refractivity contribution is -0.116. The van der Waals surface area contributed by atoms with E-state index in [4.69, 9.17) is 15.8 Å². The number of carbonyl (C=O) groups excluding carboxylic acids is 1. The second kappa shape index (κ2) is 9.57. The Bertz CT molecular complexity index is 1000. The summed E-state index contributed by atoms with van der Waals surface area (Å²) >= 11 is 1.11. The number of benzene rings is 2. The van der Waals surface area contributed by atoms with Crippen molar-refractivity contribution in [1.29, 1.82) is 5.26 Å². The summed E-state index contributed by atoms with van der Waals surface area (Å²) in [4.78, 5) is 14.0. The van der Waals surface area contributed by atoms with E-state index in [0.717, 1.165) is 11.8 Å². The van der Waals surface area contributed by atoms with Crippen LogP contribution in [0.4, 0.5) is 10.1 Å². The van der Waals surface area contributed by atoms with Gasteiger partial charge < -0.3 is 10.6 Å². The number of nitrogen functional groups attached to an aromatic ring is 1. The van der Waals surface area contributed by atoms with Crippen molar-refractivity contribution in [3.63, 3.8) is 0 Å². The van der Waals surface area contributed by atoms with Crippen LogP contribution in [-0.2, 0) is 11.4 Å². The highest BCUT2D eigenvalue weighted by atomic mass is 32.2. The van der Waals surface area contributed by atoms with Gasteiger partial charge in [0.25, 0.3) is 0 Å². The number of aromatic nitrogens is 3. The number of amides is 1. The highest BCUT2D eigenvalue weighted by Gasteiger charge is 2.18. The van der Waals surface area contributed by atoms with Gasteiger partial charge in [-0.3, -0.25) is 9.69 Å². The van der Waals surface area contributed by atoms with E-state index < -0.39 is 0 Å². The Morgan fingerprint density at radius 3 is 2.62 bits per heavy atom. The molecule has 8 nitrogen and oxygen atoms in total. The molecule has 0 aliphatic rings. The quantitative estimate of drug-likeness (QED) is 0.343. The van der Waals surface area contributed by atoms with Crippen LogP contribution in [0.5, 0.6) is 5.75 Å². The van der Waals surface area contributed by atoms with E-state index in [-0.39, 0.29) is 30.6 Å². The van der Waals surface area contributed by atoms with Crippen LogP contribution in [0, 0.1) is 17.1 Å². The van der Waals surface area contributed by atoms with Crippen LogP contribution >= 0.6 is 11.8 Å². The molecule has 0 unspecified atom stereocenters. The molecule has 29 heavy (non-hydrogen) atoms. The fourth-order valence-corrected chi connectivity index (χ4v) is 3.14. The van der Waals surface area contributed by atoms with Crippen LogP contribution in [0.2, 0.25) is 0 Å². The van der Waals surface area contributed by atoms with Crippen molar-refractivity contribution in [3.8, 4) is 11.8 Å². The Balaban J connectivity index is 1.59. The number of thioether (sulfide) groups is 1. The largest absolute Gasteiger partial charge is 0.486 e. The highest BCUT2D eigenvalue weighted by Crippen LogP contribution is 2.19. The summed E-state index contributed by atoms with van der Waals surface area (Å²) in [5, 5.41) is 17.3. The number of para-hydroxylation sites is 1. The molecule has 0 saturated heterocycles. The molecule has 3 rings (SSSR count). The molecule has 0 fully saturated rings. The lowest BCUT2D eigenvalue weighted by Crippen LogP contribution is -2.32. The third kappa shape index (κ3) is 5.24. The van der Waals surface area contributed by atoms with Crippen LogP contribution in [0.1, 0.15) is 5.82 Å². The number of nitrogens with two attached hydrogens (primary N) is 1. The second-order valence-electron chi connectivity index (χ2n) is 5.77. The molecule has 2 N–H and O–H groups in total. The number of nitrogens with zero attached hydrogens (tertiary/aromatic N) is 5. The van der Waals surface area contributed by atoms with Gasteiger partial charge in [-0.1, -0.05) is 30.0 Å². The van der Waals surface area contributed by atoms with Gasteiger partial charge in [0.15, 0.2) is 5.82 Å². The van der Waals surface area contributed by atoms with Crippen molar-refractivity contribution in [2.24, 2.45) is 0 Å². The maximum Gasteiger partial charge on any atom is 0.238 e. The zero-order valence-corrected chi connectivity index (χ0v) is 16.1. The molecule has 1 heterocycles. The maximum absolute atomic E-state index is 12.9. The minimum absolute atomic E-state index is 0.0325. The van der Waals surface area contributed by atoms with E-state index in [1.807, 2.05) is 12.1 Å². The third-order valence-electron chi connectivity index (χ3n) is 3.84. The molecule has 0 saturated carbocycles. The topological polar surface area (TPSA) is 110 Å². The van der Waals surface area contributed by atoms with Crippen molar-refractivity contribution >= 4 is 23.4 Å². The Morgan fingerprint density at radius 1 is 1.21 bits per heavy atom. The summed E-state index contributed by atoms with van der Waals surface area (Å²) in [5.41, 5.74) is 0.641. The zero-order chi connectivity index (χ0) is 20.6. The van der Waals surface area contributed by atoms with E-state index >= 15 is 0 Å². The second-order valence-corrected chi connectivity index (χ2v) is 6.72. The highest BCUT2D eigenvalue weighted by molar-refractivity contribution is 7.99. The molecule has 0 aliphatic carbocycles. The van der Waals surface area contributed by atoms with Gasteiger partial charge in [-0.05, 0) is 36.4 Å². The van der Waals surface area contributed by atoms with Gasteiger partial charge >= 0.3 is 0 Å². The Morgan fingerprint density at radius 2 is 1.93 bits per heavy atom. The molecule has 0 aliphatic heterocycles. The average molecular weight is 412 g/mol. The molecule has 10 heteroatoms. The molecule has 3 aromatic rings. The average Bonchev–Trinajstić information content (AvgIpc) is 3.10. The number of rotatable bonds is 8. The van der Waals surface area contributed by atoms with Gasteiger partial charge in [0.1, 0.15) is 24.7 Å². The lowest BCUT2D eigenvalue weighted by atomic mass is 10.3. The number of ether oxygens (including phenoxy) is 1. The molecular weight excluding hydrogens is 395 g/mol. The molecular formula is C19H17FN6O2S. The van der Waals surface area contributed by atoms with Crippen LogP contribution in [0.15, 0.2) is 59.8 Å². The maximum atomic E-state index is 12.9. The normalized spacial score (nSPS) is 10.3. The van der Waals surface area contributed by atoms with Gasteiger partial charge in [-0.15, -0.1) is 10.2 Å². The third-order valence-corrected chi connectivity index (χ3v) is 4.77. The van der Waals surface area contributed by atoms with Crippen molar-refractivity contribution in [2.75, 3.05) is 23.0 Å². The summed E-state index contributed by atoms with van der Waals surface area (Å²) in [5.74, 6) is 6.21. The summed E-state index contributed by atoms with van der Waals surface area (Å²) in [6.07, 6.45) is 0. The van der Waals surface area contributed by atoms with Crippen molar-refractivity contribution < 1.29 is 13.9 Å². The van der Waals surface area contributed by atoms with E-state index in [1.54, 1.807) is 24.3 Å². The molecule has 0 radical (unpaired) electrons. The summed E-state index contributed by atoms with van der Waals surface area (Å²) in [6.45, 7) is -0.0241. The first-order chi connectivity index (χ1) is 14.1. The monoisotopic (exact) mass is 412 g/mol. The zero-order valence-electron chi connectivity index (χ0n) is 15.2. The standard InChI is InChI=1S/C19H17FN6O2S/c20-14-6-8-16(9-7-14)28-12-17-23-24-19(26(17)22)29-13-18(27)25(11-10-21)15-4-2-1-3-5-15/h1-9H,11-13,22H2. The summed E-state index contributed by atoms with van der Waals surface area (Å²) in [7, 11) is 0. The molecule has 0 atom stereocenters. The van der Waals surface area contributed by atoms with Crippen LogP contribution in [-0.4, -0.2) is 33.1 Å². The number of hydrogen-bond donors (Lipinski definition) is 1. The number of nitriles is 1. The number of hydrogen-bond acceptors (Lipinski definition) is 7. The van der Waals surface area contributed by atoms with Crippen molar-refractivity contribution in [2.45, 2.75) is 11.8 Å². The smallest absolute Gasteiger partial charge is 0.238 e. The SMILES string of the molecule is N#CCN(C(=O)CSc1nnc(COc2ccc(F)cc2)n1N)c1ccccc1. The summed E-state index contributed by atoms with van der Waals surface area (Å²) in [6, 6.07) is 16.5. The Hall–Kier alpha value is -3.58. The fourth-order valence-electron chi connectivity index (χ4n) is 2.39. The molecule has 2 aromatic carbocycles. The minimum atomic E-state index is -0.358. The minimum Gasteiger partial charge on any atom is -0.486 e. The first kappa shape index (κ1) is 20.2. The Kier molecular flexibility index (Phi) is 6.65. The van der Waals surface area contributed by atoms with E-state index in [9.17, 15) is 9.18 Å². The van der Waals surface area contributed by atoms with Gasteiger partial charge in [-0.25, -0.2) is 9.07 Å². The molecule has 1 aromatic heterocycles. The van der Waals surface area contributed by atoms with Crippen molar-refractivity contribution in [1.82, 2.24) is 14.9 Å². The van der Waals surface area contributed by atoms with Crippen LogP contribution < -0.4 is 15.5 Å². The predicted molar refractivity (Wildman–Crippen MR) is 106 cm³/mol. The summed E-state index contributed by atoms with van der Waals surface area (Å²) < 4.78 is 19.7. The molecule has 0 bridgehead atoms. The lowest BCUT2D eigenvalue weighted by Gasteiger charge is -2.19. The molecule has 148 valence electrons. The van der Waals surface area contributed by atoms with Gasteiger partial charge in [-0.2, -0.15) is 5.26 Å². The Labute approximate surface area is 170 Å². The van der Waals surface area contributed by atoms with E-state index in [1.165, 1.54) is 33.8 Å². The van der Waals surface area contributed by atoms with E-state index in [2.05, 4.69) is 10.2 Å². The first-order valence-electron chi connectivity index (χ1n) is 8.51. The van der Waals surface area contributed by atoms with Gasteiger partial charge in [0.05, 0.1) is 11.8 Å². The predicted octanol–water partition coefficient (Wildman–Crippen LogP) is 2.36. The molecule has 0 spiro atoms. The van der Waals surface area contributed by atoms with Crippen LogP contribution in [0.3, 0.4) is 0 Å². The van der Waals surface area contributed by atoms with Gasteiger partial charge in [0.2, 0.25) is 11.1 Å². The van der Waals surface area contributed by atoms with E-state index in [0.29, 0.717) is 22.4 Å². The van der Waals surface area contributed by atoms with Gasteiger partial charge in [0, 0.05) is 5.69 Å². The number of halogens is 1. The number of anilines is 1.